The lowest BCUT2D eigenvalue weighted by Gasteiger charge is -2.19. The van der Waals surface area contributed by atoms with Crippen LogP contribution in [0.2, 0.25) is 0 Å². The smallest absolute Gasteiger partial charge is 0.408 e. The third-order valence-electron chi connectivity index (χ3n) is 2.54. The molecule has 0 radical (unpaired) electrons. The minimum atomic E-state index is -1.31. The van der Waals surface area contributed by atoms with E-state index in [1.807, 2.05) is 6.92 Å². The molecule has 0 rings (SSSR count). The molecule has 0 aromatic carbocycles. The van der Waals surface area contributed by atoms with Gasteiger partial charge in [-0.25, -0.2) is 9.59 Å². The molecule has 0 aromatic heterocycles. The summed E-state index contributed by atoms with van der Waals surface area (Å²) in [7, 11) is 0. The summed E-state index contributed by atoms with van der Waals surface area (Å²) in [5.74, 6) is -1.28. The zero-order valence-corrected chi connectivity index (χ0v) is 11.0. The number of unbranched alkanes of at least 4 members (excludes halogenated alkanes) is 1. The van der Waals surface area contributed by atoms with E-state index >= 15 is 0 Å². The number of carboxylic acids is 1. The van der Waals surface area contributed by atoms with Crippen molar-refractivity contribution in [3.8, 4) is 0 Å². The van der Waals surface area contributed by atoms with Gasteiger partial charge in [0.2, 0.25) is 0 Å². The van der Waals surface area contributed by atoms with Gasteiger partial charge in [-0.1, -0.05) is 33.1 Å². The molecule has 0 fully saturated rings. The number of hydrogen-bond donors (Lipinski definition) is 3. The lowest BCUT2D eigenvalue weighted by atomic mass is 10.1. The largest absolute Gasteiger partial charge is 0.480 e. The summed E-state index contributed by atoms with van der Waals surface area (Å²) in [5.41, 5.74) is 0. The van der Waals surface area contributed by atoms with E-state index in [4.69, 9.17) is 14.9 Å². The van der Waals surface area contributed by atoms with Crippen LogP contribution in [-0.4, -0.2) is 41.0 Å². The Morgan fingerprint density at radius 2 is 1.89 bits per heavy atom. The molecule has 0 saturated heterocycles. The van der Waals surface area contributed by atoms with Gasteiger partial charge >= 0.3 is 12.1 Å². The van der Waals surface area contributed by atoms with Gasteiger partial charge in [-0.3, -0.25) is 0 Å². The third-order valence-corrected chi connectivity index (χ3v) is 2.54. The van der Waals surface area contributed by atoms with Crippen molar-refractivity contribution in [2.24, 2.45) is 0 Å². The summed E-state index contributed by atoms with van der Waals surface area (Å²) in [6.07, 6.45) is 3.41. The number of rotatable bonds is 9. The average molecular weight is 261 g/mol. The van der Waals surface area contributed by atoms with Crippen LogP contribution in [0.15, 0.2) is 0 Å². The van der Waals surface area contributed by atoms with Crippen LogP contribution in [0.4, 0.5) is 4.79 Å². The number of carbonyl (C=O) groups excluding carboxylic acids is 1. The van der Waals surface area contributed by atoms with Crippen LogP contribution in [0.25, 0.3) is 0 Å². The van der Waals surface area contributed by atoms with Crippen molar-refractivity contribution in [2.75, 3.05) is 6.61 Å². The van der Waals surface area contributed by atoms with Gasteiger partial charge in [0.1, 0.15) is 6.10 Å². The van der Waals surface area contributed by atoms with Crippen LogP contribution < -0.4 is 5.32 Å². The Kier molecular flexibility index (Phi) is 9.00. The average Bonchev–Trinajstić information content (AvgIpc) is 2.32. The molecule has 0 bridgehead atoms. The number of aliphatic carboxylic acids is 1. The second-order valence-electron chi connectivity index (χ2n) is 4.18. The summed E-state index contributed by atoms with van der Waals surface area (Å²) >= 11 is 0. The number of aliphatic hydroxyl groups excluding tert-OH is 1. The number of carbonyl (C=O) groups is 2. The molecular formula is C12H23NO5. The summed E-state index contributed by atoms with van der Waals surface area (Å²) in [5, 5.41) is 19.6. The molecule has 0 aliphatic carbocycles. The lowest BCUT2D eigenvalue weighted by molar-refractivity contribution is -0.140. The van der Waals surface area contributed by atoms with Crippen molar-refractivity contribution < 1.29 is 24.5 Å². The molecule has 3 N–H and O–H groups in total. The van der Waals surface area contributed by atoms with Crippen molar-refractivity contribution in [1.82, 2.24) is 5.32 Å². The Labute approximate surface area is 107 Å². The molecule has 1 unspecified atom stereocenters. The molecule has 6 nitrogen and oxygen atoms in total. The van der Waals surface area contributed by atoms with E-state index in [1.54, 1.807) is 0 Å². The molecule has 0 heterocycles. The maximum atomic E-state index is 11.5. The quantitative estimate of drug-likeness (QED) is 0.584. The number of carboxylic acid groups (broad SMARTS) is 1. The number of ether oxygens (including phenoxy) is 1. The second-order valence-corrected chi connectivity index (χ2v) is 4.18. The number of amides is 1. The summed E-state index contributed by atoms with van der Waals surface area (Å²) < 4.78 is 5.15. The Hall–Kier alpha value is -1.30. The Morgan fingerprint density at radius 3 is 2.33 bits per heavy atom. The number of hydrogen-bond acceptors (Lipinski definition) is 4. The first-order valence-electron chi connectivity index (χ1n) is 6.35. The van der Waals surface area contributed by atoms with Gasteiger partial charge in [0.15, 0.2) is 6.04 Å². The summed E-state index contributed by atoms with van der Waals surface area (Å²) in [6.45, 7) is 3.39. The normalized spacial score (nSPS) is 13.7. The Balaban J connectivity index is 4.18. The fourth-order valence-corrected chi connectivity index (χ4v) is 1.53. The van der Waals surface area contributed by atoms with Gasteiger partial charge in [0, 0.05) is 0 Å². The molecule has 0 saturated carbocycles. The van der Waals surface area contributed by atoms with Crippen LogP contribution in [-0.2, 0) is 9.53 Å². The SMILES string of the molecule is CCCCC(CCC)OC(=O)N[C@@H](CO)C(=O)O. The predicted octanol–water partition coefficient (Wildman–Crippen LogP) is 1.52. The molecule has 0 spiro atoms. The van der Waals surface area contributed by atoms with Crippen molar-refractivity contribution in [3.63, 3.8) is 0 Å². The topological polar surface area (TPSA) is 95.9 Å². The summed E-state index contributed by atoms with van der Waals surface area (Å²) in [4.78, 5) is 22.1. The highest BCUT2D eigenvalue weighted by Crippen LogP contribution is 2.11. The first-order chi connectivity index (χ1) is 8.54. The Bertz CT molecular complexity index is 257. The molecule has 0 aliphatic heterocycles. The van der Waals surface area contributed by atoms with Crippen LogP contribution in [0.5, 0.6) is 0 Å². The van der Waals surface area contributed by atoms with Crippen molar-refractivity contribution >= 4 is 12.1 Å². The highest BCUT2D eigenvalue weighted by Gasteiger charge is 2.21. The van der Waals surface area contributed by atoms with E-state index in [1.165, 1.54) is 0 Å². The van der Waals surface area contributed by atoms with Crippen LogP contribution >= 0.6 is 0 Å². The van der Waals surface area contributed by atoms with Gasteiger partial charge in [-0.2, -0.15) is 0 Å². The predicted molar refractivity (Wildman–Crippen MR) is 66.3 cm³/mol. The zero-order valence-electron chi connectivity index (χ0n) is 11.0. The maximum absolute atomic E-state index is 11.5. The third kappa shape index (κ3) is 7.11. The van der Waals surface area contributed by atoms with Gasteiger partial charge in [0.05, 0.1) is 6.61 Å². The van der Waals surface area contributed by atoms with Gasteiger partial charge in [0.25, 0.3) is 0 Å². The first-order valence-corrected chi connectivity index (χ1v) is 6.35. The highest BCUT2D eigenvalue weighted by molar-refractivity contribution is 5.80. The monoisotopic (exact) mass is 261 g/mol. The number of nitrogens with one attached hydrogen (secondary N) is 1. The van der Waals surface area contributed by atoms with Crippen LogP contribution in [0.3, 0.4) is 0 Å². The fourth-order valence-electron chi connectivity index (χ4n) is 1.53. The van der Waals surface area contributed by atoms with E-state index in [0.717, 1.165) is 32.1 Å². The van der Waals surface area contributed by atoms with Crippen LogP contribution in [0.1, 0.15) is 46.0 Å². The molecule has 0 aliphatic rings. The highest BCUT2D eigenvalue weighted by atomic mass is 16.6. The fraction of sp³-hybridized carbons (Fsp3) is 0.833. The number of aliphatic hydroxyl groups is 1. The van der Waals surface area contributed by atoms with Gasteiger partial charge in [-0.15, -0.1) is 0 Å². The number of alkyl carbamates (subject to hydrolysis) is 1. The molecule has 2 atom stereocenters. The molecule has 18 heavy (non-hydrogen) atoms. The van der Waals surface area contributed by atoms with Crippen molar-refractivity contribution in [2.45, 2.75) is 58.1 Å². The molecular weight excluding hydrogens is 238 g/mol. The van der Waals surface area contributed by atoms with Gasteiger partial charge < -0.3 is 20.3 Å². The molecule has 0 aromatic rings. The van der Waals surface area contributed by atoms with Gasteiger partial charge in [-0.05, 0) is 12.8 Å². The van der Waals surface area contributed by atoms with Crippen molar-refractivity contribution in [1.29, 1.82) is 0 Å². The van der Waals surface area contributed by atoms with E-state index in [2.05, 4.69) is 12.2 Å². The maximum Gasteiger partial charge on any atom is 0.408 e. The van der Waals surface area contributed by atoms with Crippen LogP contribution in [0, 0.1) is 0 Å². The molecule has 1 amide bonds. The van der Waals surface area contributed by atoms with E-state index in [9.17, 15) is 9.59 Å². The molecule has 6 heteroatoms. The van der Waals surface area contributed by atoms with E-state index < -0.39 is 24.7 Å². The summed E-state index contributed by atoms with van der Waals surface area (Å²) in [6, 6.07) is -1.31. The standard InChI is InChI=1S/C12H23NO5/c1-3-5-7-9(6-4-2)18-12(17)13-10(8-14)11(15)16/h9-10,14H,3-8H2,1-2H3,(H,13,17)(H,15,16)/t9?,10-/m0/s1. The van der Waals surface area contributed by atoms with Crippen molar-refractivity contribution in [3.05, 3.63) is 0 Å². The minimum absolute atomic E-state index is 0.192. The first kappa shape index (κ1) is 16.7. The zero-order chi connectivity index (χ0) is 14.0. The molecule has 106 valence electrons. The Morgan fingerprint density at radius 1 is 1.22 bits per heavy atom. The van der Waals surface area contributed by atoms with E-state index in [-0.39, 0.29) is 6.10 Å². The second kappa shape index (κ2) is 9.70. The lowest BCUT2D eigenvalue weighted by Crippen LogP contribution is -2.44. The van der Waals surface area contributed by atoms with E-state index in [0.29, 0.717) is 0 Å². The minimum Gasteiger partial charge on any atom is -0.480 e.